The van der Waals surface area contributed by atoms with Gasteiger partial charge in [-0.2, -0.15) is 0 Å². The Hall–Kier alpha value is -0.910. The average Bonchev–Trinajstić information content (AvgIpc) is 3.08. The van der Waals surface area contributed by atoms with E-state index in [9.17, 15) is 0 Å². The summed E-state index contributed by atoms with van der Waals surface area (Å²) in [5, 5.41) is 6.53. The summed E-state index contributed by atoms with van der Waals surface area (Å²) in [6.45, 7) is 5.49. The highest BCUT2D eigenvalue weighted by Crippen LogP contribution is 2.25. The zero-order chi connectivity index (χ0) is 15.2. The number of nitrogens with zero attached hydrogens (tertiary/aromatic N) is 1. The van der Waals surface area contributed by atoms with Crippen molar-refractivity contribution in [2.45, 2.75) is 12.6 Å². The summed E-state index contributed by atoms with van der Waals surface area (Å²) in [6.07, 6.45) is 0. The third kappa shape index (κ3) is 4.31. The Morgan fingerprint density at radius 1 is 1.18 bits per heavy atom. The number of nitrogens with one attached hydrogen (secondary N) is 1. The minimum atomic E-state index is 0.427. The zero-order valence-electron chi connectivity index (χ0n) is 12.5. The largest absolute Gasteiger partial charge is 0.379 e. The summed E-state index contributed by atoms with van der Waals surface area (Å²) in [5.74, 6) is 0. The molecule has 5 heteroatoms. The van der Waals surface area contributed by atoms with Gasteiger partial charge >= 0.3 is 0 Å². The van der Waals surface area contributed by atoms with Crippen molar-refractivity contribution in [2.75, 3.05) is 32.8 Å². The second-order valence-corrected chi connectivity index (χ2v) is 6.85. The molecule has 1 saturated heterocycles. The van der Waals surface area contributed by atoms with Crippen LogP contribution in [-0.2, 0) is 11.3 Å². The van der Waals surface area contributed by atoms with Crippen LogP contribution in [0.5, 0.6) is 0 Å². The molecule has 3 rings (SSSR count). The van der Waals surface area contributed by atoms with Crippen molar-refractivity contribution in [3.63, 3.8) is 0 Å². The fourth-order valence-corrected chi connectivity index (χ4v) is 3.72. The van der Waals surface area contributed by atoms with Gasteiger partial charge in [-0.1, -0.05) is 29.8 Å². The predicted octanol–water partition coefficient (Wildman–Crippen LogP) is 3.56. The first-order chi connectivity index (χ1) is 10.8. The number of morpholine rings is 1. The minimum absolute atomic E-state index is 0.427. The number of thiophene rings is 1. The molecule has 3 nitrogen and oxygen atoms in total. The quantitative estimate of drug-likeness (QED) is 0.872. The Bertz CT molecular complexity index is 553. The van der Waals surface area contributed by atoms with Crippen LogP contribution in [-0.4, -0.2) is 37.7 Å². The van der Waals surface area contributed by atoms with Gasteiger partial charge in [0.2, 0.25) is 0 Å². The second kappa shape index (κ2) is 8.09. The van der Waals surface area contributed by atoms with Gasteiger partial charge in [0.15, 0.2) is 0 Å². The van der Waals surface area contributed by atoms with E-state index in [1.54, 1.807) is 0 Å². The summed E-state index contributed by atoms with van der Waals surface area (Å²) in [6, 6.07) is 12.8. The van der Waals surface area contributed by atoms with Gasteiger partial charge in [0.1, 0.15) is 0 Å². The van der Waals surface area contributed by atoms with Crippen molar-refractivity contribution in [1.29, 1.82) is 0 Å². The summed E-state index contributed by atoms with van der Waals surface area (Å²) in [5.41, 5.74) is 1.26. The van der Waals surface area contributed by atoms with Gasteiger partial charge in [0.25, 0.3) is 0 Å². The van der Waals surface area contributed by atoms with Crippen molar-refractivity contribution in [3.05, 3.63) is 57.2 Å². The highest BCUT2D eigenvalue weighted by Gasteiger charge is 2.22. The van der Waals surface area contributed by atoms with Crippen LogP contribution in [0.25, 0.3) is 0 Å². The van der Waals surface area contributed by atoms with Crippen molar-refractivity contribution in [1.82, 2.24) is 10.2 Å². The number of ether oxygens (including phenoxy) is 1. The molecular formula is C17H21ClN2OS. The monoisotopic (exact) mass is 336 g/mol. The van der Waals surface area contributed by atoms with Crippen LogP contribution in [0.2, 0.25) is 5.02 Å². The van der Waals surface area contributed by atoms with Crippen LogP contribution in [0.4, 0.5) is 0 Å². The molecule has 1 atom stereocenters. The number of hydrogen-bond donors (Lipinski definition) is 1. The van der Waals surface area contributed by atoms with Crippen molar-refractivity contribution in [3.8, 4) is 0 Å². The van der Waals surface area contributed by atoms with E-state index in [1.807, 2.05) is 23.5 Å². The van der Waals surface area contributed by atoms with E-state index in [-0.39, 0.29) is 0 Å². The molecule has 1 aliphatic heterocycles. The molecule has 0 radical (unpaired) electrons. The first kappa shape index (κ1) is 16.0. The van der Waals surface area contributed by atoms with Crippen LogP contribution in [0.15, 0.2) is 41.8 Å². The average molecular weight is 337 g/mol. The summed E-state index contributed by atoms with van der Waals surface area (Å²) < 4.78 is 5.48. The normalized spacial score (nSPS) is 17.5. The molecule has 22 heavy (non-hydrogen) atoms. The van der Waals surface area contributed by atoms with E-state index in [0.29, 0.717) is 6.04 Å². The Balaban J connectivity index is 1.59. The molecule has 118 valence electrons. The molecule has 1 aromatic heterocycles. The van der Waals surface area contributed by atoms with E-state index in [1.165, 1.54) is 10.4 Å². The molecule has 1 aromatic carbocycles. The Kier molecular flexibility index (Phi) is 5.87. The molecule has 2 heterocycles. The number of benzene rings is 1. The van der Waals surface area contributed by atoms with Crippen LogP contribution in [0.3, 0.4) is 0 Å². The molecule has 1 unspecified atom stereocenters. The number of hydrogen-bond acceptors (Lipinski definition) is 4. The smallest absolute Gasteiger partial charge is 0.0594 e. The van der Waals surface area contributed by atoms with Gasteiger partial charge in [-0.25, -0.2) is 0 Å². The second-order valence-electron chi connectivity index (χ2n) is 5.44. The maximum absolute atomic E-state index is 5.93. The zero-order valence-corrected chi connectivity index (χ0v) is 14.1. The summed E-state index contributed by atoms with van der Waals surface area (Å²) in [7, 11) is 0. The van der Waals surface area contributed by atoms with Gasteiger partial charge in [0, 0.05) is 36.1 Å². The van der Waals surface area contributed by atoms with Crippen LogP contribution in [0.1, 0.15) is 16.5 Å². The fourth-order valence-electron chi connectivity index (χ4n) is 2.74. The van der Waals surface area contributed by atoms with Gasteiger partial charge in [-0.15, -0.1) is 11.3 Å². The lowest BCUT2D eigenvalue weighted by Crippen LogP contribution is -2.42. The molecule has 2 aromatic rings. The van der Waals surface area contributed by atoms with E-state index in [0.717, 1.165) is 44.4 Å². The molecule has 0 bridgehead atoms. The standard InChI is InChI=1S/C17H21ClN2OS/c18-15-5-3-14(4-6-15)12-19-13-16(17-2-1-11-22-17)20-7-9-21-10-8-20/h1-6,11,16,19H,7-10,12-13H2. The highest BCUT2D eigenvalue weighted by atomic mass is 35.5. The van der Waals surface area contributed by atoms with E-state index < -0.39 is 0 Å². The Morgan fingerprint density at radius 2 is 1.95 bits per heavy atom. The molecule has 0 amide bonds. The summed E-state index contributed by atoms with van der Waals surface area (Å²) in [4.78, 5) is 3.94. The number of rotatable bonds is 6. The lowest BCUT2D eigenvalue weighted by molar-refractivity contribution is 0.0168. The van der Waals surface area contributed by atoms with Gasteiger partial charge < -0.3 is 10.1 Å². The Morgan fingerprint density at radius 3 is 2.64 bits per heavy atom. The van der Waals surface area contributed by atoms with E-state index >= 15 is 0 Å². The third-order valence-corrected chi connectivity index (χ3v) is 5.16. The molecule has 0 saturated carbocycles. The minimum Gasteiger partial charge on any atom is -0.379 e. The topological polar surface area (TPSA) is 24.5 Å². The highest BCUT2D eigenvalue weighted by molar-refractivity contribution is 7.10. The van der Waals surface area contributed by atoms with Gasteiger partial charge in [-0.3, -0.25) is 4.90 Å². The van der Waals surface area contributed by atoms with Crippen molar-refractivity contribution < 1.29 is 4.74 Å². The predicted molar refractivity (Wildman–Crippen MR) is 92.6 cm³/mol. The summed E-state index contributed by atoms with van der Waals surface area (Å²) >= 11 is 7.76. The van der Waals surface area contributed by atoms with Gasteiger partial charge in [-0.05, 0) is 29.1 Å². The maximum atomic E-state index is 5.93. The van der Waals surface area contributed by atoms with Crippen LogP contribution >= 0.6 is 22.9 Å². The first-order valence-electron chi connectivity index (χ1n) is 7.63. The molecule has 0 aliphatic carbocycles. The SMILES string of the molecule is Clc1ccc(CNCC(c2cccs2)N2CCOCC2)cc1. The fraction of sp³-hybridized carbons (Fsp3) is 0.412. The van der Waals surface area contributed by atoms with Gasteiger partial charge in [0.05, 0.1) is 19.3 Å². The lowest BCUT2D eigenvalue weighted by atomic mass is 10.1. The van der Waals surface area contributed by atoms with E-state index in [4.69, 9.17) is 16.3 Å². The Labute approximate surface area is 140 Å². The first-order valence-corrected chi connectivity index (χ1v) is 8.89. The van der Waals surface area contributed by atoms with Crippen molar-refractivity contribution in [2.24, 2.45) is 0 Å². The maximum Gasteiger partial charge on any atom is 0.0594 e. The van der Waals surface area contributed by atoms with E-state index in [2.05, 4.69) is 39.9 Å². The lowest BCUT2D eigenvalue weighted by Gasteiger charge is -2.34. The molecule has 0 spiro atoms. The third-order valence-electron chi connectivity index (χ3n) is 3.94. The molecule has 1 fully saturated rings. The molecule has 1 aliphatic rings. The van der Waals surface area contributed by atoms with Crippen LogP contribution < -0.4 is 5.32 Å². The van der Waals surface area contributed by atoms with Crippen LogP contribution in [0, 0.1) is 0 Å². The molecule has 1 N–H and O–H groups in total. The molecular weight excluding hydrogens is 316 g/mol. The number of halogens is 1. The van der Waals surface area contributed by atoms with Crippen molar-refractivity contribution >= 4 is 22.9 Å².